The predicted molar refractivity (Wildman–Crippen MR) is 168 cm³/mol. The van der Waals surface area contributed by atoms with Crippen LogP contribution < -0.4 is 10.2 Å². The van der Waals surface area contributed by atoms with Crippen LogP contribution in [0.15, 0.2) is 84.9 Å². The molecule has 2 unspecified atom stereocenters. The number of amides is 1. The molecule has 4 aromatic rings. The van der Waals surface area contributed by atoms with Crippen molar-refractivity contribution >= 4 is 35.6 Å². The summed E-state index contributed by atoms with van der Waals surface area (Å²) in [6.45, 7) is 6.57. The van der Waals surface area contributed by atoms with E-state index in [9.17, 15) is 15.0 Å². The summed E-state index contributed by atoms with van der Waals surface area (Å²) in [6.07, 6.45) is 2.38. The molecule has 1 aliphatic heterocycles. The molecule has 4 aromatic carbocycles. The first-order chi connectivity index (χ1) is 19.2. The van der Waals surface area contributed by atoms with Gasteiger partial charge in [0, 0.05) is 10.7 Å². The number of fused-ring (bicyclic) bond motifs is 1. The lowest BCUT2D eigenvalue weighted by molar-refractivity contribution is -0.124. The Labute approximate surface area is 253 Å². The molecule has 5 nitrogen and oxygen atoms in total. The summed E-state index contributed by atoms with van der Waals surface area (Å²) in [4.78, 5) is 16.4. The number of halogens is 2. The number of aromatic hydroxyl groups is 2. The van der Waals surface area contributed by atoms with Gasteiger partial charge in [0.1, 0.15) is 17.0 Å². The van der Waals surface area contributed by atoms with E-state index < -0.39 is 5.54 Å². The van der Waals surface area contributed by atoms with Gasteiger partial charge in [0.25, 0.3) is 0 Å². The van der Waals surface area contributed by atoms with Crippen molar-refractivity contribution in [2.45, 2.75) is 58.2 Å². The second-order valence-electron chi connectivity index (χ2n) is 10.8. The summed E-state index contributed by atoms with van der Waals surface area (Å²) in [5.74, 6) is 0.261. The van der Waals surface area contributed by atoms with Gasteiger partial charge in [-0.15, -0.1) is 12.4 Å². The lowest BCUT2D eigenvalue weighted by Gasteiger charge is -2.34. The third kappa shape index (κ3) is 6.38. The summed E-state index contributed by atoms with van der Waals surface area (Å²) in [5, 5.41) is 24.4. The highest BCUT2D eigenvalue weighted by Gasteiger charge is 2.44. The maximum absolute atomic E-state index is 14.6. The molecule has 1 heterocycles. The molecule has 214 valence electrons. The van der Waals surface area contributed by atoms with Crippen molar-refractivity contribution in [2.75, 3.05) is 4.90 Å². The van der Waals surface area contributed by atoms with Crippen molar-refractivity contribution < 1.29 is 15.0 Å². The molecule has 0 radical (unpaired) electrons. The Morgan fingerprint density at radius 2 is 1.59 bits per heavy atom. The molecule has 5 rings (SSSR count). The molecule has 0 fully saturated rings. The topological polar surface area (TPSA) is 72.8 Å². The molecule has 3 N–H and O–H groups in total. The number of aryl methyl sites for hydroxylation is 2. The van der Waals surface area contributed by atoms with Crippen molar-refractivity contribution in [2.24, 2.45) is 0 Å². The molecule has 1 amide bonds. The minimum atomic E-state index is -0.983. The van der Waals surface area contributed by atoms with E-state index in [-0.39, 0.29) is 42.4 Å². The van der Waals surface area contributed by atoms with E-state index in [1.165, 1.54) is 11.1 Å². The molecule has 0 saturated carbocycles. The third-order valence-electron chi connectivity index (χ3n) is 7.84. The number of carbonyl (C=O) groups excluding carboxylic acids is 1. The van der Waals surface area contributed by atoms with E-state index >= 15 is 0 Å². The maximum atomic E-state index is 14.6. The second-order valence-corrected chi connectivity index (χ2v) is 11.2. The zero-order valence-electron chi connectivity index (χ0n) is 23.5. The summed E-state index contributed by atoms with van der Waals surface area (Å²) in [5.41, 5.74) is 6.08. The van der Waals surface area contributed by atoms with Crippen LogP contribution in [0.3, 0.4) is 0 Å². The standard InChI is InChI=1S/C34H35ClN2O3.ClH/c1-4-24-10-9-22(17-25(24)5-2)20-34(3)33(40)37(21-23-7-6-8-29(39)18-23)31-16-13-27(35)19-30(31)32(36-34)26-11-14-28(38)15-12-26;/h6-19,32,36,38-39H,4-5,20-21H2,1-3H3;1H. The van der Waals surface area contributed by atoms with Crippen LogP contribution in [0.2, 0.25) is 5.02 Å². The van der Waals surface area contributed by atoms with Crippen LogP contribution in [0.25, 0.3) is 0 Å². The summed E-state index contributed by atoms with van der Waals surface area (Å²) in [7, 11) is 0. The van der Waals surface area contributed by atoms with Gasteiger partial charge in [-0.1, -0.05) is 67.9 Å². The molecule has 0 bridgehead atoms. The highest BCUT2D eigenvalue weighted by molar-refractivity contribution is 6.30. The van der Waals surface area contributed by atoms with E-state index in [1.807, 2.05) is 37.3 Å². The Balaban J connectivity index is 0.00000387. The molecular formula is C34H36Cl2N2O3. The number of nitrogens with one attached hydrogen (secondary N) is 1. The largest absolute Gasteiger partial charge is 0.508 e. The molecule has 41 heavy (non-hydrogen) atoms. The number of rotatable bonds is 7. The van der Waals surface area contributed by atoms with Crippen LogP contribution in [0.5, 0.6) is 11.5 Å². The number of nitrogens with zero attached hydrogens (tertiary/aromatic N) is 1. The zero-order valence-corrected chi connectivity index (χ0v) is 25.1. The minimum absolute atomic E-state index is 0. The van der Waals surface area contributed by atoms with Crippen LogP contribution in [0.1, 0.15) is 60.2 Å². The molecule has 2 atom stereocenters. The van der Waals surface area contributed by atoms with Crippen LogP contribution in [0, 0.1) is 0 Å². The fourth-order valence-corrected chi connectivity index (χ4v) is 5.97. The van der Waals surface area contributed by atoms with Gasteiger partial charge in [0.2, 0.25) is 5.91 Å². The summed E-state index contributed by atoms with van der Waals surface area (Å²) >= 11 is 6.53. The fourth-order valence-electron chi connectivity index (χ4n) is 5.79. The number of anilines is 1. The number of benzene rings is 4. The molecule has 7 heteroatoms. The van der Waals surface area contributed by atoms with Crippen LogP contribution >= 0.6 is 24.0 Å². The Morgan fingerprint density at radius 3 is 2.27 bits per heavy atom. The summed E-state index contributed by atoms with van der Waals surface area (Å²) < 4.78 is 0. The molecule has 0 aromatic heterocycles. The Hall–Kier alpha value is -3.51. The lowest BCUT2D eigenvalue weighted by Crippen LogP contribution is -2.56. The molecule has 0 spiro atoms. The van der Waals surface area contributed by atoms with Gasteiger partial charge < -0.3 is 15.1 Å². The minimum Gasteiger partial charge on any atom is -0.508 e. The van der Waals surface area contributed by atoms with Crippen molar-refractivity contribution in [1.29, 1.82) is 0 Å². The second kappa shape index (κ2) is 12.6. The highest BCUT2D eigenvalue weighted by atomic mass is 35.5. The lowest BCUT2D eigenvalue weighted by atomic mass is 9.87. The van der Waals surface area contributed by atoms with Gasteiger partial charge in [-0.05, 0) is 102 Å². The first-order valence-corrected chi connectivity index (χ1v) is 14.1. The van der Waals surface area contributed by atoms with Crippen molar-refractivity contribution in [3.8, 4) is 11.5 Å². The third-order valence-corrected chi connectivity index (χ3v) is 8.07. The van der Waals surface area contributed by atoms with Crippen molar-refractivity contribution in [3.63, 3.8) is 0 Å². The van der Waals surface area contributed by atoms with Gasteiger partial charge >= 0.3 is 0 Å². The van der Waals surface area contributed by atoms with Gasteiger partial charge in [0.05, 0.1) is 12.6 Å². The fraction of sp³-hybridized carbons (Fsp3) is 0.265. The number of phenolic OH excluding ortho intramolecular Hbond substituents is 2. The van der Waals surface area contributed by atoms with E-state index in [1.54, 1.807) is 41.3 Å². The van der Waals surface area contributed by atoms with E-state index in [0.717, 1.165) is 40.8 Å². The Morgan fingerprint density at radius 1 is 0.854 bits per heavy atom. The van der Waals surface area contributed by atoms with E-state index in [2.05, 4.69) is 37.4 Å². The van der Waals surface area contributed by atoms with Crippen LogP contribution in [-0.2, 0) is 30.6 Å². The average molecular weight is 592 g/mol. The molecule has 0 saturated heterocycles. The van der Waals surface area contributed by atoms with Gasteiger partial charge in [-0.3, -0.25) is 10.1 Å². The van der Waals surface area contributed by atoms with Gasteiger partial charge in [-0.2, -0.15) is 0 Å². The molecule has 1 aliphatic rings. The Bertz CT molecular complexity index is 1540. The van der Waals surface area contributed by atoms with E-state index in [0.29, 0.717) is 11.4 Å². The van der Waals surface area contributed by atoms with Crippen molar-refractivity contribution in [3.05, 3.63) is 123 Å². The SMILES string of the molecule is CCc1ccc(CC2(C)NC(c3ccc(O)cc3)c3cc(Cl)ccc3N(Cc3cccc(O)c3)C2=O)cc1CC.Cl. The number of phenols is 2. The zero-order chi connectivity index (χ0) is 28.4. The van der Waals surface area contributed by atoms with Crippen LogP contribution in [0.4, 0.5) is 5.69 Å². The van der Waals surface area contributed by atoms with Crippen molar-refractivity contribution in [1.82, 2.24) is 5.32 Å². The van der Waals surface area contributed by atoms with E-state index in [4.69, 9.17) is 11.6 Å². The molecular weight excluding hydrogens is 555 g/mol. The highest BCUT2D eigenvalue weighted by Crippen LogP contribution is 2.40. The number of hydrogen-bond acceptors (Lipinski definition) is 4. The van der Waals surface area contributed by atoms with Crippen LogP contribution in [-0.4, -0.2) is 21.7 Å². The first kappa shape index (κ1) is 30.4. The quantitative estimate of drug-likeness (QED) is 0.208. The normalized spacial score (nSPS) is 18.4. The molecule has 0 aliphatic carbocycles. The maximum Gasteiger partial charge on any atom is 0.247 e. The number of hydrogen-bond donors (Lipinski definition) is 3. The van der Waals surface area contributed by atoms with Gasteiger partial charge in [-0.25, -0.2) is 0 Å². The first-order valence-electron chi connectivity index (χ1n) is 13.8. The summed E-state index contributed by atoms with van der Waals surface area (Å²) in [6, 6.07) is 25.8. The smallest absolute Gasteiger partial charge is 0.247 e. The average Bonchev–Trinajstić information content (AvgIpc) is 3.02. The Kier molecular flexibility index (Phi) is 9.33. The monoisotopic (exact) mass is 590 g/mol. The predicted octanol–water partition coefficient (Wildman–Crippen LogP) is 7.53. The number of carbonyl (C=O) groups is 1. The van der Waals surface area contributed by atoms with Gasteiger partial charge in [0.15, 0.2) is 0 Å².